The summed E-state index contributed by atoms with van der Waals surface area (Å²) >= 11 is 0. The topological polar surface area (TPSA) is 50.1 Å². The normalized spacial score (nSPS) is 9.96. The molecule has 0 aromatic heterocycles. The van der Waals surface area contributed by atoms with Crippen molar-refractivity contribution in [2.24, 2.45) is 0 Å². The maximum Gasteiger partial charge on any atom is 0.338 e. The monoisotopic (exact) mass is 313 g/mol. The van der Waals surface area contributed by atoms with E-state index in [-0.39, 0.29) is 12.6 Å². The lowest BCUT2D eigenvalue weighted by molar-refractivity contribution is 0.0472. The molecule has 0 amide bonds. The van der Waals surface area contributed by atoms with Crippen LogP contribution in [0.5, 0.6) is 0 Å². The van der Waals surface area contributed by atoms with Gasteiger partial charge >= 0.3 is 5.97 Å². The first-order chi connectivity index (χ1) is 11.8. The lowest BCUT2D eigenvalue weighted by Crippen LogP contribution is -2.05. The average Bonchev–Trinajstić information content (AvgIpc) is 2.67. The molecule has 3 heteroatoms. The van der Waals surface area contributed by atoms with E-state index < -0.39 is 0 Å². The smallest absolute Gasteiger partial charge is 0.338 e. The number of nitriles is 1. The van der Waals surface area contributed by atoms with Gasteiger partial charge in [-0.3, -0.25) is 0 Å². The van der Waals surface area contributed by atoms with Gasteiger partial charge in [-0.15, -0.1) is 0 Å². The molecule has 0 saturated heterocycles. The Bertz CT molecular complexity index is 878. The predicted molar refractivity (Wildman–Crippen MR) is 92.2 cm³/mol. The first-order valence-electron chi connectivity index (χ1n) is 7.58. The molecule has 116 valence electrons. The van der Waals surface area contributed by atoms with Crippen LogP contribution in [0.2, 0.25) is 0 Å². The minimum absolute atomic E-state index is 0.148. The summed E-state index contributed by atoms with van der Waals surface area (Å²) in [5.41, 5.74) is 4.00. The van der Waals surface area contributed by atoms with E-state index >= 15 is 0 Å². The zero-order chi connectivity index (χ0) is 16.8. The highest BCUT2D eigenvalue weighted by Crippen LogP contribution is 2.19. The number of hydrogen-bond donors (Lipinski definition) is 0. The first-order valence-corrected chi connectivity index (χ1v) is 7.58. The molecule has 24 heavy (non-hydrogen) atoms. The van der Waals surface area contributed by atoms with Crippen LogP contribution >= 0.6 is 0 Å². The summed E-state index contributed by atoms with van der Waals surface area (Å²) in [7, 11) is 0. The van der Waals surface area contributed by atoms with Gasteiger partial charge in [-0.05, 0) is 41.0 Å². The Hall–Kier alpha value is -3.38. The summed E-state index contributed by atoms with van der Waals surface area (Å²) in [6.45, 7) is 0.148. The predicted octanol–water partition coefficient (Wildman–Crippen LogP) is 4.58. The van der Waals surface area contributed by atoms with E-state index in [0.717, 1.165) is 16.7 Å². The van der Waals surface area contributed by atoms with Gasteiger partial charge in [0.05, 0.1) is 17.2 Å². The first kappa shape index (κ1) is 15.5. The fourth-order valence-corrected chi connectivity index (χ4v) is 2.39. The van der Waals surface area contributed by atoms with E-state index in [0.29, 0.717) is 11.1 Å². The Kier molecular flexibility index (Phi) is 4.69. The summed E-state index contributed by atoms with van der Waals surface area (Å²) in [5, 5.41) is 8.88. The number of rotatable bonds is 4. The second-order valence-corrected chi connectivity index (χ2v) is 5.33. The summed E-state index contributed by atoms with van der Waals surface area (Å²) in [6, 6.07) is 26.4. The Balaban J connectivity index is 1.66. The zero-order valence-corrected chi connectivity index (χ0v) is 13.0. The fraction of sp³-hybridized carbons (Fsp3) is 0.0476. The van der Waals surface area contributed by atoms with Gasteiger partial charge < -0.3 is 4.74 Å². The van der Waals surface area contributed by atoms with Crippen molar-refractivity contribution >= 4 is 5.97 Å². The van der Waals surface area contributed by atoms with Crippen molar-refractivity contribution in [1.29, 1.82) is 5.26 Å². The number of esters is 1. The van der Waals surface area contributed by atoms with Crippen LogP contribution < -0.4 is 0 Å². The highest BCUT2D eigenvalue weighted by atomic mass is 16.5. The van der Waals surface area contributed by atoms with Crippen LogP contribution in [0.25, 0.3) is 11.1 Å². The third kappa shape index (κ3) is 3.68. The van der Waals surface area contributed by atoms with Crippen LogP contribution in [0.1, 0.15) is 21.5 Å². The summed E-state index contributed by atoms with van der Waals surface area (Å²) < 4.78 is 5.31. The van der Waals surface area contributed by atoms with Crippen LogP contribution in [0, 0.1) is 11.3 Å². The summed E-state index contributed by atoms with van der Waals surface area (Å²) in [6.07, 6.45) is 0. The molecule has 0 saturated carbocycles. The molecule has 0 aliphatic rings. The molecular weight excluding hydrogens is 298 g/mol. The average molecular weight is 313 g/mol. The van der Waals surface area contributed by atoms with Gasteiger partial charge in [0.25, 0.3) is 0 Å². The van der Waals surface area contributed by atoms with Crippen LogP contribution in [-0.4, -0.2) is 5.97 Å². The Morgan fingerprint density at radius 2 is 1.58 bits per heavy atom. The molecule has 3 aromatic carbocycles. The molecule has 0 unspecified atom stereocenters. The minimum Gasteiger partial charge on any atom is -0.457 e. The van der Waals surface area contributed by atoms with E-state index in [1.54, 1.807) is 30.3 Å². The molecule has 3 aromatic rings. The van der Waals surface area contributed by atoms with E-state index in [1.807, 2.05) is 48.5 Å². The van der Waals surface area contributed by atoms with Crippen molar-refractivity contribution in [3.8, 4) is 17.2 Å². The molecular formula is C21H15NO2. The number of carbonyl (C=O) groups excluding carboxylic acids is 1. The molecule has 3 nitrogen and oxygen atoms in total. The van der Waals surface area contributed by atoms with Crippen LogP contribution in [0.15, 0.2) is 78.9 Å². The molecule has 0 fully saturated rings. The van der Waals surface area contributed by atoms with Gasteiger partial charge in [0.1, 0.15) is 6.61 Å². The molecule has 0 radical (unpaired) electrons. The molecule has 0 atom stereocenters. The third-order valence-electron chi connectivity index (χ3n) is 3.65. The Morgan fingerprint density at radius 1 is 0.875 bits per heavy atom. The second-order valence-electron chi connectivity index (χ2n) is 5.33. The van der Waals surface area contributed by atoms with Crippen molar-refractivity contribution in [2.45, 2.75) is 6.61 Å². The van der Waals surface area contributed by atoms with Crippen molar-refractivity contribution in [3.05, 3.63) is 95.6 Å². The van der Waals surface area contributed by atoms with E-state index in [2.05, 4.69) is 6.07 Å². The molecule has 0 aliphatic carbocycles. The van der Waals surface area contributed by atoms with Gasteiger partial charge in [-0.25, -0.2) is 4.79 Å². The molecule has 0 N–H and O–H groups in total. The Labute approximate surface area is 140 Å². The van der Waals surface area contributed by atoms with Gasteiger partial charge in [-0.1, -0.05) is 54.6 Å². The highest BCUT2D eigenvalue weighted by molar-refractivity contribution is 5.90. The lowest BCUT2D eigenvalue weighted by atomic mass is 10.0. The number of benzene rings is 3. The van der Waals surface area contributed by atoms with Gasteiger partial charge in [0.2, 0.25) is 0 Å². The molecule has 0 heterocycles. The van der Waals surface area contributed by atoms with Crippen LogP contribution in [-0.2, 0) is 11.3 Å². The van der Waals surface area contributed by atoms with Gasteiger partial charge in [0, 0.05) is 0 Å². The van der Waals surface area contributed by atoms with Gasteiger partial charge in [0.15, 0.2) is 0 Å². The van der Waals surface area contributed by atoms with Crippen molar-refractivity contribution in [1.82, 2.24) is 0 Å². The number of hydrogen-bond acceptors (Lipinski definition) is 3. The minimum atomic E-state index is -0.378. The largest absolute Gasteiger partial charge is 0.457 e. The quantitative estimate of drug-likeness (QED) is 0.662. The maximum absolute atomic E-state index is 12.1. The Morgan fingerprint density at radius 3 is 2.29 bits per heavy atom. The highest BCUT2D eigenvalue weighted by Gasteiger charge is 2.08. The third-order valence-corrected chi connectivity index (χ3v) is 3.65. The van der Waals surface area contributed by atoms with Crippen molar-refractivity contribution < 1.29 is 9.53 Å². The van der Waals surface area contributed by atoms with Crippen molar-refractivity contribution in [2.75, 3.05) is 0 Å². The summed E-state index contributed by atoms with van der Waals surface area (Å²) in [5.74, 6) is -0.378. The number of ether oxygens (including phenoxy) is 1. The van der Waals surface area contributed by atoms with Crippen molar-refractivity contribution in [3.63, 3.8) is 0 Å². The van der Waals surface area contributed by atoms with Crippen LogP contribution in [0.4, 0.5) is 0 Å². The standard InChI is InChI=1S/C21H15NO2/c22-14-16-5-4-6-17(13-16)15-24-21(23)20-11-9-19(10-12-20)18-7-2-1-3-8-18/h1-13H,15H2. The lowest BCUT2D eigenvalue weighted by Gasteiger charge is -2.06. The maximum atomic E-state index is 12.1. The molecule has 0 aliphatic heterocycles. The second kappa shape index (κ2) is 7.26. The van der Waals surface area contributed by atoms with E-state index in [9.17, 15) is 4.79 Å². The van der Waals surface area contributed by atoms with E-state index in [4.69, 9.17) is 10.00 Å². The SMILES string of the molecule is N#Cc1cccc(COC(=O)c2ccc(-c3ccccc3)cc2)c1. The number of carbonyl (C=O) groups is 1. The molecule has 3 rings (SSSR count). The van der Waals surface area contributed by atoms with Gasteiger partial charge in [-0.2, -0.15) is 5.26 Å². The van der Waals surface area contributed by atoms with Crippen LogP contribution in [0.3, 0.4) is 0 Å². The summed E-state index contributed by atoms with van der Waals surface area (Å²) in [4.78, 5) is 12.1. The molecule has 0 spiro atoms. The van der Waals surface area contributed by atoms with E-state index in [1.165, 1.54) is 0 Å². The molecule has 0 bridgehead atoms. The zero-order valence-electron chi connectivity index (χ0n) is 13.0. The fourth-order valence-electron chi connectivity index (χ4n) is 2.39. The number of nitrogens with zero attached hydrogens (tertiary/aromatic N) is 1.